The van der Waals surface area contributed by atoms with Crippen molar-refractivity contribution in [2.45, 2.75) is 12.5 Å². The standard InChI is InChI=1S/C21H27NO5/c1-22-8-7-13-9-16(23-2)17(24-3)12-15(13)20(22)14-10-18(25-4)21(27-6)19(11-14)26-5/h9-12,20H,7-8H2,1-6H3/p+1/t20-/m1/s1. The van der Waals surface area contributed by atoms with Crippen LogP contribution in [0.25, 0.3) is 0 Å². The smallest absolute Gasteiger partial charge is 0.203 e. The van der Waals surface area contributed by atoms with E-state index in [2.05, 4.69) is 19.2 Å². The number of fused-ring (bicyclic) bond motifs is 1. The third-order valence-electron chi connectivity index (χ3n) is 5.26. The van der Waals surface area contributed by atoms with Crippen LogP contribution in [0.5, 0.6) is 28.7 Å². The molecular weight excluding hydrogens is 346 g/mol. The van der Waals surface area contributed by atoms with Crippen molar-refractivity contribution in [1.82, 2.24) is 0 Å². The highest BCUT2D eigenvalue weighted by Gasteiger charge is 2.33. The largest absolute Gasteiger partial charge is 0.493 e. The number of nitrogens with one attached hydrogen (secondary N) is 1. The molecule has 1 aliphatic rings. The van der Waals surface area contributed by atoms with Gasteiger partial charge in [0.2, 0.25) is 5.75 Å². The molecule has 1 heterocycles. The Morgan fingerprint density at radius 2 is 1.30 bits per heavy atom. The van der Waals surface area contributed by atoms with E-state index in [4.69, 9.17) is 23.7 Å². The van der Waals surface area contributed by atoms with E-state index in [-0.39, 0.29) is 6.04 Å². The summed E-state index contributed by atoms with van der Waals surface area (Å²) in [7, 11) is 10.4. The second-order valence-electron chi connectivity index (χ2n) is 6.64. The van der Waals surface area contributed by atoms with Crippen LogP contribution >= 0.6 is 0 Å². The lowest BCUT2D eigenvalue weighted by molar-refractivity contribution is -0.908. The number of rotatable bonds is 6. The van der Waals surface area contributed by atoms with Gasteiger partial charge in [0.1, 0.15) is 6.04 Å². The molecule has 1 unspecified atom stereocenters. The molecule has 1 N–H and O–H groups in total. The number of ether oxygens (including phenoxy) is 5. The molecule has 6 heteroatoms. The summed E-state index contributed by atoms with van der Waals surface area (Å²) >= 11 is 0. The van der Waals surface area contributed by atoms with Crippen molar-refractivity contribution in [1.29, 1.82) is 0 Å². The van der Waals surface area contributed by atoms with Crippen LogP contribution in [0.15, 0.2) is 24.3 Å². The Morgan fingerprint density at radius 1 is 0.741 bits per heavy atom. The normalized spacial score (nSPS) is 18.4. The molecule has 27 heavy (non-hydrogen) atoms. The van der Waals surface area contributed by atoms with Crippen LogP contribution in [0.3, 0.4) is 0 Å². The van der Waals surface area contributed by atoms with E-state index in [0.29, 0.717) is 17.2 Å². The van der Waals surface area contributed by atoms with Gasteiger partial charge in [-0.2, -0.15) is 0 Å². The lowest BCUT2D eigenvalue weighted by Crippen LogP contribution is -3.10. The summed E-state index contributed by atoms with van der Waals surface area (Å²) in [5, 5.41) is 0. The zero-order valence-corrected chi connectivity index (χ0v) is 16.8. The molecule has 0 spiro atoms. The summed E-state index contributed by atoms with van der Waals surface area (Å²) in [6, 6.07) is 8.36. The van der Waals surface area contributed by atoms with Crippen molar-refractivity contribution in [2.24, 2.45) is 0 Å². The lowest BCUT2D eigenvalue weighted by Gasteiger charge is -2.33. The summed E-state index contributed by atoms with van der Waals surface area (Å²) in [5.41, 5.74) is 3.61. The van der Waals surface area contributed by atoms with Gasteiger partial charge in [0.05, 0.1) is 49.1 Å². The maximum atomic E-state index is 5.56. The number of likely N-dealkylation sites (N-methyl/N-ethyl adjacent to an activating group) is 1. The quantitative estimate of drug-likeness (QED) is 0.837. The van der Waals surface area contributed by atoms with Gasteiger partial charge in [0, 0.05) is 17.5 Å². The third-order valence-corrected chi connectivity index (χ3v) is 5.26. The highest BCUT2D eigenvalue weighted by molar-refractivity contribution is 5.57. The van der Waals surface area contributed by atoms with Crippen LogP contribution in [0.2, 0.25) is 0 Å². The Labute approximate surface area is 160 Å². The molecule has 0 aromatic heterocycles. The summed E-state index contributed by atoms with van der Waals surface area (Å²) in [6.07, 6.45) is 0.989. The molecule has 1 aliphatic heterocycles. The van der Waals surface area contributed by atoms with Crippen molar-refractivity contribution >= 4 is 0 Å². The van der Waals surface area contributed by atoms with Gasteiger partial charge in [0.15, 0.2) is 23.0 Å². The Kier molecular flexibility index (Phi) is 5.65. The molecular formula is C21H28NO5+. The van der Waals surface area contributed by atoms with Crippen LogP contribution in [0, 0.1) is 0 Å². The van der Waals surface area contributed by atoms with Gasteiger partial charge in [-0.3, -0.25) is 0 Å². The number of quaternary nitrogens is 1. The molecule has 2 atom stereocenters. The number of hydrogen-bond acceptors (Lipinski definition) is 5. The first kappa shape index (κ1) is 19.2. The topological polar surface area (TPSA) is 50.6 Å². The minimum Gasteiger partial charge on any atom is -0.493 e. The van der Waals surface area contributed by atoms with Crippen LogP contribution < -0.4 is 28.6 Å². The second kappa shape index (κ2) is 7.96. The zero-order chi connectivity index (χ0) is 19.6. The fraction of sp³-hybridized carbons (Fsp3) is 0.429. The predicted octanol–water partition coefficient (Wildman–Crippen LogP) is 1.89. The van der Waals surface area contributed by atoms with E-state index in [9.17, 15) is 0 Å². The molecule has 2 aromatic rings. The number of benzene rings is 2. The first-order valence-corrected chi connectivity index (χ1v) is 8.94. The van der Waals surface area contributed by atoms with E-state index in [0.717, 1.165) is 30.0 Å². The van der Waals surface area contributed by atoms with Gasteiger partial charge < -0.3 is 28.6 Å². The highest BCUT2D eigenvalue weighted by atomic mass is 16.5. The molecule has 0 bridgehead atoms. The average Bonchev–Trinajstić information content (AvgIpc) is 2.71. The fourth-order valence-electron chi connectivity index (χ4n) is 3.90. The second-order valence-corrected chi connectivity index (χ2v) is 6.64. The summed E-state index contributed by atoms with van der Waals surface area (Å²) in [5.74, 6) is 3.42. The Balaban J connectivity index is 2.18. The van der Waals surface area contributed by atoms with Crippen LogP contribution in [-0.4, -0.2) is 49.1 Å². The number of hydrogen-bond donors (Lipinski definition) is 1. The van der Waals surface area contributed by atoms with E-state index >= 15 is 0 Å². The Hall–Kier alpha value is -2.60. The van der Waals surface area contributed by atoms with E-state index in [1.807, 2.05) is 12.1 Å². The van der Waals surface area contributed by atoms with Crippen LogP contribution in [0.4, 0.5) is 0 Å². The van der Waals surface area contributed by atoms with Crippen molar-refractivity contribution in [2.75, 3.05) is 49.1 Å². The highest BCUT2D eigenvalue weighted by Crippen LogP contribution is 2.42. The maximum Gasteiger partial charge on any atom is 0.203 e. The van der Waals surface area contributed by atoms with Gasteiger partial charge >= 0.3 is 0 Å². The van der Waals surface area contributed by atoms with Gasteiger partial charge in [-0.1, -0.05) is 0 Å². The van der Waals surface area contributed by atoms with Crippen molar-refractivity contribution in [3.05, 3.63) is 41.0 Å². The molecule has 6 nitrogen and oxygen atoms in total. The predicted molar refractivity (Wildman–Crippen MR) is 103 cm³/mol. The molecule has 0 saturated carbocycles. The van der Waals surface area contributed by atoms with Gasteiger partial charge in [-0.05, 0) is 29.8 Å². The lowest BCUT2D eigenvalue weighted by atomic mass is 9.87. The first-order chi connectivity index (χ1) is 13.1. The molecule has 0 fully saturated rings. The van der Waals surface area contributed by atoms with Crippen LogP contribution in [0.1, 0.15) is 22.7 Å². The monoisotopic (exact) mass is 374 g/mol. The average molecular weight is 374 g/mol. The summed E-state index contributed by atoms with van der Waals surface area (Å²) < 4.78 is 27.6. The van der Waals surface area contributed by atoms with Gasteiger partial charge in [0.25, 0.3) is 0 Å². The molecule has 0 aliphatic carbocycles. The van der Waals surface area contributed by atoms with Crippen molar-refractivity contribution in [3.8, 4) is 28.7 Å². The molecule has 0 saturated heterocycles. The van der Waals surface area contributed by atoms with E-state index in [1.54, 1.807) is 35.5 Å². The fourth-order valence-corrected chi connectivity index (χ4v) is 3.90. The first-order valence-electron chi connectivity index (χ1n) is 8.94. The zero-order valence-electron chi connectivity index (χ0n) is 16.8. The van der Waals surface area contributed by atoms with Gasteiger partial charge in [-0.25, -0.2) is 0 Å². The minimum absolute atomic E-state index is 0.127. The maximum absolute atomic E-state index is 5.56. The summed E-state index contributed by atoms with van der Waals surface area (Å²) in [6.45, 7) is 1.02. The minimum atomic E-state index is 0.127. The van der Waals surface area contributed by atoms with Crippen LogP contribution in [-0.2, 0) is 6.42 Å². The molecule has 3 rings (SSSR count). The van der Waals surface area contributed by atoms with Crippen molar-refractivity contribution < 1.29 is 28.6 Å². The molecule has 146 valence electrons. The summed E-state index contributed by atoms with van der Waals surface area (Å²) in [4.78, 5) is 1.39. The van der Waals surface area contributed by atoms with Crippen molar-refractivity contribution in [3.63, 3.8) is 0 Å². The molecule has 0 amide bonds. The Morgan fingerprint density at radius 3 is 1.81 bits per heavy atom. The third kappa shape index (κ3) is 3.37. The van der Waals surface area contributed by atoms with E-state index in [1.165, 1.54) is 16.0 Å². The van der Waals surface area contributed by atoms with E-state index < -0.39 is 0 Å². The molecule has 0 radical (unpaired) electrons. The number of methoxy groups -OCH3 is 5. The SMILES string of the molecule is COc1cc2c(cc1OC)[C@@H](c1cc(OC)c(OC)c(OC)c1)[NH+](C)CC2. The van der Waals surface area contributed by atoms with Gasteiger partial charge in [-0.15, -0.1) is 0 Å². The molecule has 2 aromatic carbocycles. The Bertz CT molecular complexity index is 795.